The minimum Gasteiger partial charge on any atom is -0.390 e. The summed E-state index contributed by atoms with van der Waals surface area (Å²) in [6.45, 7) is 25.4. The Balaban J connectivity index is 4.49. The third-order valence-electron chi connectivity index (χ3n) is 16.4. The molecule has 0 bridgehead atoms. The molecule has 0 saturated carbocycles. The number of carbonyl (C=O) groups excluding carboxylic acids is 11. The summed E-state index contributed by atoms with van der Waals surface area (Å²) in [5.74, 6) is -28.2. The highest BCUT2D eigenvalue weighted by Gasteiger charge is 2.61. The molecule has 0 aromatic carbocycles. The zero-order valence-electron chi connectivity index (χ0n) is 57.0. The monoisotopic (exact) mass is 1260 g/mol. The normalized spacial score (nSPS) is 29.0. The van der Waals surface area contributed by atoms with E-state index in [1.54, 1.807) is 53.7 Å². The van der Waals surface area contributed by atoms with E-state index in [1.165, 1.54) is 83.5 Å². The summed E-state index contributed by atoms with van der Waals surface area (Å²) in [4.78, 5) is 164. The Morgan fingerprint density at radius 3 is 1.44 bits per heavy atom. The summed E-state index contributed by atoms with van der Waals surface area (Å²) in [5, 5.41) is 22.4. The molecule has 1 saturated heterocycles. The lowest BCUT2D eigenvalue weighted by molar-refractivity contribution is -0.196. The van der Waals surface area contributed by atoms with Crippen molar-refractivity contribution >= 4 is 65.0 Å². The topological polar surface area (TPSA) is 279 Å². The second kappa shape index (κ2) is 33.5. The number of aliphatic hydroxyl groups excluding tert-OH is 1. The number of halogens is 3. The Morgan fingerprint density at radius 2 is 1.00 bits per heavy atom. The minimum atomic E-state index is -3.67. The molecule has 26 heteroatoms. The third-order valence-corrected chi connectivity index (χ3v) is 16.4. The smallest absolute Gasteiger partial charge is 0.284 e. The Kier molecular flexibility index (Phi) is 30.3. The molecule has 504 valence electrons. The summed E-state index contributed by atoms with van der Waals surface area (Å²) in [7, 11) is 7.34. The van der Waals surface area contributed by atoms with Crippen LogP contribution in [0.15, 0.2) is 12.2 Å². The highest BCUT2D eigenvalue weighted by Crippen LogP contribution is 2.39. The van der Waals surface area contributed by atoms with Crippen LogP contribution in [-0.2, 0) is 52.7 Å². The van der Waals surface area contributed by atoms with Crippen LogP contribution in [0.3, 0.4) is 0 Å². The summed E-state index contributed by atoms with van der Waals surface area (Å²) in [6.07, 6.45) is -0.0339. The number of carbonyl (C=O) groups is 11. The fourth-order valence-corrected chi connectivity index (χ4v) is 10.7. The zero-order chi connectivity index (χ0) is 68.7. The Bertz CT molecular complexity index is 2500. The van der Waals surface area contributed by atoms with Crippen molar-refractivity contribution in [3.63, 3.8) is 0 Å². The maximum atomic E-state index is 18.4. The number of aliphatic hydroxyl groups is 1. The van der Waals surface area contributed by atoms with E-state index in [-0.39, 0.29) is 47.3 Å². The van der Waals surface area contributed by atoms with Crippen LogP contribution in [0.1, 0.15) is 156 Å². The SMILES string of the molecule is C/C=C/C[C@@H](C)[C@@H](O)[C@H]1C(=O)N[C@@H](CC)C(=O)N(C)CC(=O)N(C)[C@@H](CC(C)C)C(=O)N[C@@H](C(C)C)C(=O)N(C)[C@@H](CC(C)C)C(=O)N[C@@H](C)C(=O)N[C@H](C)C(=O)N(C)[C@](F)(CC(C)C)C(=O)N(C)[C@](F)(CC(C)C)C(=O)N(C)[C@](F)(C(C)C)C(=O)N1C. The molecule has 1 rings (SSSR count). The molecular weight excluding hydrogens is 1150 g/mol. The molecule has 1 aliphatic rings. The van der Waals surface area contributed by atoms with Crippen LogP contribution < -0.4 is 21.3 Å². The van der Waals surface area contributed by atoms with E-state index in [9.17, 15) is 48.3 Å². The molecule has 1 fully saturated rings. The predicted octanol–water partition coefficient (Wildman–Crippen LogP) is 4.16. The first-order valence-corrected chi connectivity index (χ1v) is 30.8. The van der Waals surface area contributed by atoms with Crippen molar-refractivity contribution in [2.24, 2.45) is 41.4 Å². The molecule has 23 nitrogen and oxygen atoms in total. The number of alkyl halides is 3. The van der Waals surface area contributed by atoms with Crippen molar-refractivity contribution in [3.8, 4) is 0 Å². The molecule has 5 N–H and O–H groups in total. The van der Waals surface area contributed by atoms with Gasteiger partial charge in [-0.2, -0.15) is 0 Å². The van der Waals surface area contributed by atoms with Crippen LogP contribution in [0.4, 0.5) is 13.2 Å². The predicted molar refractivity (Wildman–Crippen MR) is 329 cm³/mol. The van der Waals surface area contributed by atoms with Crippen LogP contribution in [0.2, 0.25) is 0 Å². The van der Waals surface area contributed by atoms with Crippen molar-refractivity contribution in [1.29, 1.82) is 0 Å². The van der Waals surface area contributed by atoms with Gasteiger partial charge in [0, 0.05) is 68.1 Å². The summed E-state index contributed by atoms with van der Waals surface area (Å²) in [5.41, 5.74) is 0. The van der Waals surface area contributed by atoms with Crippen molar-refractivity contribution < 1.29 is 71.0 Å². The molecule has 88 heavy (non-hydrogen) atoms. The average molecular weight is 1260 g/mol. The standard InChI is InChI=1S/C62H108F3N11O12/c1-25-27-28-40(15)49(78)48-53(82)68-43(26-2)55(84)70(18)33-46(77)71(19)44(29-34(3)4)52(81)69-47(38(11)12)56(85)72(20)45(30-35(5)6)51(80)66-41(16)50(79)67-42(17)54(83)74(22)60(63,31-36(7)8)57(86)75(23)61(64,32-37(9)10)58(87)76(24)62(65,39(13)14)59(88)73(48)21/h25,27,34-45,47-49,78H,26,28-33H2,1-24H3,(H,66,80)(H,67,79)(H,68,82)(H,69,81)/b27-25+/t40-,41+,42-,43+,44+,45+,47+,48+,49-,60-,61-,62-/m1/s1. The molecule has 1 heterocycles. The van der Waals surface area contributed by atoms with Gasteiger partial charge in [0.25, 0.3) is 35.1 Å². The van der Waals surface area contributed by atoms with Crippen molar-refractivity contribution in [2.75, 3.05) is 55.9 Å². The van der Waals surface area contributed by atoms with Crippen LogP contribution in [0, 0.1) is 41.4 Å². The van der Waals surface area contributed by atoms with Crippen molar-refractivity contribution in [2.45, 2.75) is 222 Å². The lowest BCUT2D eigenvalue weighted by Crippen LogP contribution is -2.70. The summed E-state index contributed by atoms with van der Waals surface area (Å²) in [6, 6.07) is -10.3. The van der Waals surface area contributed by atoms with Crippen LogP contribution >= 0.6 is 0 Å². The molecule has 12 atom stereocenters. The number of hydrogen-bond donors (Lipinski definition) is 5. The molecular formula is C62H108F3N11O12. The lowest BCUT2D eigenvalue weighted by Gasteiger charge is -2.46. The van der Waals surface area contributed by atoms with E-state index in [4.69, 9.17) is 0 Å². The van der Waals surface area contributed by atoms with E-state index in [0.717, 1.165) is 42.9 Å². The highest BCUT2D eigenvalue weighted by molar-refractivity contribution is 6.01. The highest BCUT2D eigenvalue weighted by atomic mass is 19.2. The number of likely N-dealkylation sites (N-methyl/N-ethyl adjacent to an activating group) is 7. The lowest BCUT2D eigenvalue weighted by atomic mass is 9.90. The Labute approximate surface area is 521 Å². The minimum absolute atomic E-state index is 0.0686. The van der Waals surface area contributed by atoms with Gasteiger partial charge < -0.3 is 60.7 Å². The van der Waals surface area contributed by atoms with Crippen LogP contribution in [-0.4, -0.2) is 226 Å². The van der Waals surface area contributed by atoms with Gasteiger partial charge in [0.15, 0.2) is 0 Å². The number of allylic oxidation sites excluding steroid dienone is 2. The summed E-state index contributed by atoms with van der Waals surface area (Å²) < 4.78 is 54.9. The van der Waals surface area contributed by atoms with Crippen molar-refractivity contribution in [1.82, 2.24) is 55.6 Å². The first-order valence-electron chi connectivity index (χ1n) is 30.8. The van der Waals surface area contributed by atoms with Gasteiger partial charge in [-0.3, -0.25) is 52.7 Å². The number of amides is 11. The fraction of sp³-hybridized carbons (Fsp3) is 0.790. The van der Waals surface area contributed by atoms with E-state index >= 15 is 22.8 Å². The second-order valence-corrected chi connectivity index (χ2v) is 26.4. The van der Waals surface area contributed by atoms with Gasteiger partial charge in [-0.05, 0) is 82.0 Å². The van der Waals surface area contributed by atoms with Crippen LogP contribution in [0.25, 0.3) is 0 Å². The maximum absolute atomic E-state index is 18.4. The van der Waals surface area contributed by atoms with Crippen molar-refractivity contribution in [3.05, 3.63) is 12.2 Å². The third kappa shape index (κ3) is 19.3. The fourth-order valence-electron chi connectivity index (χ4n) is 10.7. The molecule has 11 amide bonds. The largest absolute Gasteiger partial charge is 0.390 e. The molecule has 0 aromatic heterocycles. The maximum Gasteiger partial charge on any atom is 0.284 e. The Hall–Kier alpha value is -6.34. The molecule has 0 radical (unpaired) electrons. The first-order chi connectivity index (χ1) is 40.3. The van der Waals surface area contributed by atoms with E-state index in [0.29, 0.717) is 9.80 Å². The van der Waals surface area contributed by atoms with E-state index < -0.39 is 180 Å². The van der Waals surface area contributed by atoms with Crippen LogP contribution in [0.5, 0.6) is 0 Å². The van der Waals surface area contributed by atoms with Gasteiger partial charge in [-0.25, -0.2) is 13.2 Å². The van der Waals surface area contributed by atoms with Gasteiger partial charge in [0.2, 0.25) is 47.3 Å². The Morgan fingerprint density at radius 1 is 0.545 bits per heavy atom. The average Bonchev–Trinajstić information content (AvgIpc) is 3.60. The van der Waals surface area contributed by atoms with Gasteiger partial charge in [-0.1, -0.05) is 109 Å². The number of hydrogen-bond acceptors (Lipinski definition) is 12. The molecule has 0 aromatic rings. The molecule has 0 unspecified atom stereocenters. The van der Waals surface area contributed by atoms with Gasteiger partial charge in [-0.15, -0.1) is 0 Å². The second-order valence-electron chi connectivity index (χ2n) is 26.4. The van der Waals surface area contributed by atoms with E-state index in [1.807, 2.05) is 13.8 Å². The zero-order valence-corrected chi connectivity index (χ0v) is 57.0. The number of rotatable bonds is 15. The van der Waals surface area contributed by atoms with Gasteiger partial charge >= 0.3 is 0 Å². The van der Waals surface area contributed by atoms with E-state index in [2.05, 4.69) is 21.3 Å². The molecule has 0 aliphatic carbocycles. The number of nitrogens with zero attached hydrogens (tertiary/aromatic N) is 7. The molecule has 0 spiro atoms. The number of nitrogens with one attached hydrogen (secondary N) is 4. The van der Waals surface area contributed by atoms with Gasteiger partial charge in [0.05, 0.1) is 12.6 Å². The quantitative estimate of drug-likeness (QED) is 0.114. The molecule has 1 aliphatic heterocycles. The van der Waals surface area contributed by atoms with Gasteiger partial charge in [0.1, 0.15) is 42.3 Å². The first kappa shape index (κ1) is 79.7. The summed E-state index contributed by atoms with van der Waals surface area (Å²) >= 11 is 0.